The SMILES string of the molecule is Cc1ccc(-c2cc(C(C)N)ccc2C)cc1. The molecule has 0 aromatic heterocycles. The number of hydrogen-bond acceptors (Lipinski definition) is 1. The monoisotopic (exact) mass is 225 g/mol. The van der Waals surface area contributed by atoms with E-state index in [2.05, 4.69) is 56.3 Å². The van der Waals surface area contributed by atoms with E-state index in [0.717, 1.165) is 0 Å². The first kappa shape index (κ1) is 11.9. The molecule has 2 N–H and O–H groups in total. The van der Waals surface area contributed by atoms with Crippen LogP contribution in [0.15, 0.2) is 42.5 Å². The molecule has 1 unspecified atom stereocenters. The van der Waals surface area contributed by atoms with Crippen LogP contribution < -0.4 is 5.73 Å². The summed E-state index contributed by atoms with van der Waals surface area (Å²) >= 11 is 0. The molecule has 0 aliphatic carbocycles. The van der Waals surface area contributed by atoms with Gasteiger partial charge in [0.15, 0.2) is 0 Å². The predicted molar refractivity (Wildman–Crippen MR) is 74.0 cm³/mol. The van der Waals surface area contributed by atoms with Crippen molar-refractivity contribution in [3.8, 4) is 11.1 Å². The van der Waals surface area contributed by atoms with E-state index >= 15 is 0 Å². The summed E-state index contributed by atoms with van der Waals surface area (Å²) in [6.07, 6.45) is 0. The lowest BCUT2D eigenvalue weighted by Crippen LogP contribution is -2.05. The Balaban J connectivity index is 2.50. The second kappa shape index (κ2) is 4.72. The molecule has 0 heterocycles. The highest BCUT2D eigenvalue weighted by Gasteiger charge is 2.05. The fourth-order valence-electron chi connectivity index (χ4n) is 1.97. The zero-order valence-electron chi connectivity index (χ0n) is 10.7. The average Bonchev–Trinajstić information content (AvgIpc) is 2.31. The molecule has 17 heavy (non-hydrogen) atoms. The van der Waals surface area contributed by atoms with E-state index < -0.39 is 0 Å². The highest BCUT2D eigenvalue weighted by atomic mass is 14.6. The molecule has 0 amide bonds. The van der Waals surface area contributed by atoms with Gasteiger partial charge in [-0.25, -0.2) is 0 Å². The van der Waals surface area contributed by atoms with Crippen molar-refractivity contribution in [1.82, 2.24) is 0 Å². The van der Waals surface area contributed by atoms with E-state index in [4.69, 9.17) is 5.73 Å². The third kappa shape index (κ3) is 2.56. The van der Waals surface area contributed by atoms with Crippen molar-refractivity contribution in [3.63, 3.8) is 0 Å². The van der Waals surface area contributed by atoms with E-state index in [1.165, 1.54) is 27.8 Å². The largest absolute Gasteiger partial charge is 0.324 e. The van der Waals surface area contributed by atoms with Gasteiger partial charge < -0.3 is 5.73 Å². The number of benzene rings is 2. The Hall–Kier alpha value is -1.60. The lowest BCUT2D eigenvalue weighted by molar-refractivity contribution is 0.818. The van der Waals surface area contributed by atoms with Crippen LogP contribution in [0.3, 0.4) is 0 Å². The minimum atomic E-state index is 0.0831. The molecule has 0 radical (unpaired) electrons. The average molecular weight is 225 g/mol. The molecule has 2 rings (SSSR count). The van der Waals surface area contributed by atoms with Crippen LogP contribution >= 0.6 is 0 Å². The van der Waals surface area contributed by atoms with Crippen molar-refractivity contribution in [3.05, 3.63) is 59.2 Å². The van der Waals surface area contributed by atoms with E-state index in [-0.39, 0.29) is 6.04 Å². The summed E-state index contributed by atoms with van der Waals surface area (Å²) in [5.74, 6) is 0. The second-order valence-electron chi connectivity index (χ2n) is 4.73. The number of nitrogens with two attached hydrogens (primary N) is 1. The van der Waals surface area contributed by atoms with Gasteiger partial charge in [0, 0.05) is 6.04 Å². The Bertz CT molecular complexity index is 510. The van der Waals surface area contributed by atoms with Crippen molar-refractivity contribution in [2.45, 2.75) is 26.8 Å². The zero-order chi connectivity index (χ0) is 12.4. The van der Waals surface area contributed by atoms with Crippen LogP contribution in [-0.2, 0) is 0 Å². The molecule has 0 fully saturated rings. The van der Waals surface area contributed by atoms with Crippen molar-refractivity contribution in [1.29, 1.82) is 0 Å². The van der Waals surface area contributed by atoms with Gasteiger partial charge in [-0.3, -0.25) is 0 Å². The van der Waals surface area contributed by atoms with Crippen LogP contribution in [0.25, 0.3) is 11.1 Å². The Morgan fingerprint density at radius 1 is 0.941 bits per heavy atom. The van der Waals surface area contributed by atoms with E-state index in [1.54, 1.807) is 0 Å². The molecular formula is C16H19N. The van der Waals surface area contributed by atoms with Crippen molar-refractivity contribution in [2.75, 3.05) is 0 Å². The maximum Gasteiger partial charge on any atom is 0.0266 e. The molecule has 0 saturated heterocycles. The molecule has 2 aromatic carbocycles. The Labute approximate surface area is 103 Å². The molecular weight excluding hydrogens is 206 g/mol. The quantitative estimate of drug-likeness (QED) is 0.821. The van der Waals surface area contributed by atoms with Gasteiger partial charge in [-0.15, -0.1) is 0 Å². The minimum Gasteiger partial charge on any atom is -0.324 e. The molecule has 2 aromatic rings. The van der Waals surface area contributed by atoms with Crippen LogP contribution in [0.1, 0.15) is 29.7 Å². The molecule has 0 aliphatic rings. The third-order valence-electron chi connectivity index (χ3n) is 3.15. The van der Waals surface area contributed by atoms with Gasteiger partial charge in [0.1, 0.15) is 0 Å². The Morgan fingerprint density at radius 2 is 1.59 bits per heavy atom. The van der Waals surface area contributed by atoms with E-state index in [9.17, 15) is 0 Å². The van der Waals surface area contributed by atoms with Gasteiger partial charge in [-0.05, 0) is 49.1 Å². The number of rotatable bonds is 2. The summed E-state index contributed by atoms with van der Waals surface area (Å²) in [5.41, 5.74) is 12.2. The van der Waals surface area contributed by atoms with Crippen LogP contribution in [0.2, 0.25) is 0 Å². The summed E-state index contributed by atoms with van der Waals surface area (Å²) < 4.78 is 0. The molecule has 1 nitrogen and oxygen atoms in total. The number of aryl methyl sites for hydroxylation is 2. The van der Waals surface area contributed by atoms with Crippen LogP contribution in [0.4, 0.5) is 0 Å². The minimum absolute atomic E-state index is 0.0831. The summed E-state index contributed by atoms with van der Waals surface area (Å²) in [7, 11) is 0. The van der Waals surface area contributed by atoms with Crippen molar-refractivity contribution < 1.29 is 0 Å². The first-order valence-electron chi connectivity index (χ1n) is 6.01. The highest BCUT2D eigenvalue weighted by molar-refractivity contribution is 5.68. The molecule has 0 spiro atoms. The fourth-order valence-corrected chi connectivity index (χ4v) is 1.97. The normalized spacial score (nSPS) is 12.5. The van der Waals surface area contributed by atoms with Gasteiger partial charge in [0.2, 0.25) is 0 Å². The molecule has 0 aliphatic heterocycles. The van der Waals surface area contributed by atoms with Crippen molar-refractivity contribution in [2.24, 2.45) is 5.73 Å². The molecule has 0 saturated carbocycles. The second-order valence-corrected chi connectivity index (χ2v) is 4.73. The molecule has 0 bridgehead atoms. The van der Waals surface area contributed by atoms with E-state index in [0.29, 0.717) is 0 Å². The standard InChI is InChI=1S/C16H19N/c1-11-4-7-14(8-5-11)16-10-15(13(3)17)9-6-12(16)2/h4-10,13H,17H2,1-3H3. The maximum atomic E-state index is 5.93. The van der Waals surface area contributed by atoms with Crippen LogP contribution in [0.5, 0.6) is 0 Å². The summed E-state index contributed by atoms with van der Waals surface area (Å²) in [6.45, 7) is 6.26. The van der Waals surface area contributed by atoms with Crippen LogP contribution in [-0.4, -0.2) is 0 Å². The lowest BCUT2D eigenvalue weighted by Gasteiger charge is -2.11. The van der Waals surface area contributed by atoms with Gasteiger partial charge in [0.05, 0.1) is 0 Å². The van der Waals surface area contributed by atoms with Gasteiger partial charge in [-0.1, -0.05) is 42.0 Å². The van der Waals surface area contributed by atoms with Gasteiger partial charge in [0.25, 0.3) is 0 Å². The van der Waals surface area contributed by atoms with Crippen LogP contribution in [0, 0.1) is 13.8 Å². The molecule has 88 valence electrons. The Kier molecular flexibility index (Phi) is 3.30. The van der Waals surface area contributed by atoms with Gasteiger partial charge >= 0.3 is 0 Å². The first-order valence-corrected chi connectivity index (χ1v) is 6.01. The maximum absolute atomic E-state index is 5.93. The van der Waals surface area contributed by atoms with Crippen molar-refractivity contribution >= 4 is 0 Å². The zero-order valence-corrected chi connectivity index (χ0v) is 10.7. The predicted octanol–water partition coefficient (Wildman–Crippen LogP) is 3.99. The molecule has 1 heteroatoms. The first-order chi connectivity index (χ1) is 8.08. The third-order valence-corrected chi connectivity index (χ3v) is 3.15. The summed E-state index contributed by atoms with van der Waals surface area (Å²) in [6, 6.07) is 15.2. The van der Waals surface area contributed by atoms with E-state index in [1.807, 2.05) is 6.92 Å². The summed E-state index contributed by atoms with van der Waals surface area (Å²) in [5, 5.41) is 0. The summed E-state index contributed by atoms with van der Waals surface area (Å²) in [4.78, 5) is 0. The topological polar surface area (TPSA) is 26.0 Å². The Morgan fingerprint density at radius 3 is 2.18 bits per heavy atom. The van der Waals surface area contributed by atoms with Gasteiger partial charge in [-0.2, -0.15) is 0 Å². The number of hydrogen-bond donors (Lipinski definition) is 1. The highest BCUT2D eigenvalue weighted by Crippen LogP contribution is 2.26. The lowest BCUT2D eigenvalue weighted by atomic mass is 9.95. The molecule has 1 atom stereocenters. The smallest absolute Gasteiger partial charge is 0.0266 e. The fraction of sp³-hybridized carbons (Fsp3) is 0.250.